The molecule has 2 fully saturated rings. The molecule has 0 aliphatic carbocycles. The van der Waals surface area contributed by atoms with Gasteiger partial charge < -0.3 is 39.4 Å². The van der Waals surface area contributed by atoms with Gasteiger partial charge in [0.15, 0.2) is 12.6 Å². The van der Waals surface area contributed by atoms with Crippen molar-refractivity contribution in [1.82, 2.24) is 0 Å². The molecule has 9 atom stereocenters. The molecule has 4 N–H and O–H groups in total. The lowest BCUT2D eigenvalue weighted by Gasteiger charge is -2.42. The Labute approximate surface area is 134 Å². The lowest BCUT2D eigenvalue weighted by Crippen LogP contribution is -2.61. The Morgan fingerprint density at radius 3 is 2.14 bits per heavy atom. The normalized spacial score (nSPS) is 49.5. The summed E-state index contributed by atoms with van der Waals surface area (Å²) in [6, 6.07) is 0. The van der Waals surface area contributed by atoms with E-state index in [0.29, 0.717) is 6.42 Å². The number of thiol groups is 1. The highest BCUT2D eigenvalue weighted by Gasteiger charge is 2.49. The minimum atomic E-state index is -1.27. The monoisotopic (exact) mass is 340 g/mol. The highest BCUT2D eigenvalue weighted by molar-refractivity contribution is 7.81. The summed E-state index contributed by atoms with van der Waals surface area (Å²) in [5.41, 5.74) is 0. The summed E-state index contributed by atoms with van der Waals surface area (Å²) in [6.07, 6.45) is -7.18. The first-order valence-corrected chi connectivity index (χ1v) is 7.78. The van der Waals surface area contributed by atoms with Crippen molar-refractivity contribution in [2.45, 2.75) is 67.8 Å². The van der Waals surface area contributed by atoms with E-state index in [1.807, 2.05) is 6.92 Å². The number of ether oxygens (including phenoxy) is 4. The van der Waals surface area contributed by atoms with Crippen molar-refractivity contribution < 1.29 is 39.4 Å². The predicted octanol–water partition coefficient (Wildman–Crippen LogP) is -1.75. The Morgan fingerprint density at radius 2 is 1.64 bits per heavy atom. The van der Waals surface area contributed by atoms with Crippen LogP contribution in [0.25, 0.3) is 0 Å². The molecule has 9 heteroatoms. The van der Waals surface area contributed by atoms with Gasteiger partial charge in [0, 0.05) is 7.11 Å². The zero-order valence-corrected chi connectivity index (χ0v) is 13.4. The van der Waals surface area contributed by atoms with Crippen LogP contribution in [0.4, 0.5) is 0 Å². The highest BCUT2D eigenvalue weighted by Crippen LogP contribution is 2.32. The van der Waals surface area contributed by atoms with Crippen LogP contribution < -0.4 is 0 Å². The fourth-order valence-corrected chi connectivity index (χ4v) is 3.06. The quantitative estimate of drug-likeness (QED) is 0.374. The lowest BCUT2D eigenvalue weighted by atomic mass is 9.99. The maximum Gasteiger partial charge on any atom is 0.186 e. The lowest BCUT2D eigenvalue weighted by molar-refractivity contribution is -0.320. The molecule has 0 aromatic carbocycles. The largest absolute Gasteiger partial charge is 0.394 e. The number of hydrogen-bond donors (Lipinski definition) is 5. The zero-order chi connectivity index (χ0) is 16.4. The first kappa shape index (κ1) is 18.4. The van der Waals surface area contributed by atoms with Crippen LogP contribution in [0.5, 0.6) is 0 Å². The third-order valence-electron chi connectivity index (χ3n) is 4.07. The molecule has 2 aliphatic rings. The summed E-state index contributed by atoms with van der Waals surface area (Å²) >= 11 is 4.27. The molecule has 2 rings (SSSR count). The molecule has 2 heterocycles. The predicted molar refractivity (Wildman–Crippen MR) is 77.4 cm³/mol. The molecule has 0 aromatic rings. The third kappa shape index (κ3) is 3.42. The van der Waals surface area contributed by atoms with Crippen LogP contribution in [-0.4, -0.2) is 88.6 Å². The van der Waals surface area contributed by atoms with E-state index in [9.17, 15) is 20.4 Å². The summed E-state index contributed by atoms with van der Waals surface area (Å²) in [4.78, 5) is 0. The van der Waals surface area contributed by atoms with Gasteiger partial charge in [0.2, 0.25) is 0 Å². The molecular formula is C13H24O8S. The highest BCUT2D eigenvalue weighted by atomic mass is 32.1. The van der Waals surface area contributed by atoms with Gasteiger partial charge in [0.05, 0.1) is 24.1 Å². The Hall–Kier alpha value is 0.0300. The molecule has 0 spiro atoms. The third-order valence-corrected chi connectivity index (χ3v) is 4.62. The van der Waals surface area contributed by atoms with Gasteiger partial charge in [-0.3, -0.25) is 0 Å². The summed E-state index contributed by atoms with van der Waals surface area (Å²) in [5, 5.41) is 39.0. The second kappa shape index (κ2) is 7.73. The van der Waals surface area contributed by atoms with Crippen LogP contribution in [0.2, 0.25) is 0 Å². The van der Waals surface area contributed by atoms with E-state index < -0.39 is 61.1 Å². The molecule has 0 saturated carbocycles. The van der Waals surface area contributed by atoms with Crippen molar-refractivity contribution in [3.05, 3.63) is 0 Å². The van der Waals surface area contributed by atoms with E-state index in [1.165, 1.54) is 7.11 Å². The molecule has 2 saturated heterocycles. The van der Waals surface area contributed by atoms with Crippen molar-refractivity contribution in [2.75, 3.05) is 13.7 Å². The molecule has 0 radical (unpaired) electrons. The van der Waals surface area contributed by atoms with Crippen molar-refractivity contribution in [3.63, 3.8) is 0 Å². The van der Waals surface area contributed by atoms with Gasteiger partial charge in [-0.2, -0.15) is 12.6 Å². The van der Waals surface area contributed by atoms with E-state index >= 15 is 0 Å². The number of aliphatic hydroxyl groups excluding tert-OH is 4. The number of aliphatic hydroxyl groups is 4. The van der Waals surface area contributed by atoms with E-state index in [4.69, 9.17) is 18.9 Å². The van der Waals surface area contributed by atoms with Gasteiger partial charge in [-0.05, 0) is 6.42 Å². The fourth-order valence-electron chi connectivity index (χ4n) is 2.73. The average molecular weight is 340 g/mol. The minimum Gasteiger partial charge on any atom is -0.394 e. The second-order valence-electron chi connectivity index (χ2n) is 5.48. The van der Waals surface area contributed by atoms with E-state index in [0.717, 1.165) is 0 Å². The Kier molecular flexibility index (Phi) is 6.46. The summed E-state index contributed by atoms with van der Waals surface area (Å²) in [6.45, 7) is 1.40. The Balaban J connectivity index is 2.08. The number of rotatable bonds is 5. The van der Waals surface area contributed by atoms with Gasteiger partial charge in [-0.25, -0.2) is 0 Å². The molecule has 0 aromatic heterocycles. The van der Waals surface area contributed by atoms with Crippen LogP contribution in [0.3, 0.4) is 0 Å². The minimum absolute atomic E-state index is 0.423. The van der Waals surface area contributed by atoms with Crippen molar-refractivity contribution in [3.8, 4) is 0 Å². The van der Waals surface area contributed by atoms with Crippen molar-refractivity contribution in [2.24, 2.45) is 0 Å². The number of methoxy groups -OCH3 is 1. The van der Waals surface area contributed by atoms with Crippen LogP contribution in [0, 0.1) is 0 Å². The Bertz CT molecular complexity index is 343. The smallest absolute Gasteiger partial charge is 0.186 e. The molecule has 8 nitrogen and oxygen atoms in total. The molecule has 22 heavy (non-hydrogen) atoms. The van der Waals surface area contributed by atoms with Crippen molar-refractivity contribution >= 4 is 12.6 Å². The molecule has 0 amide bonds. The molecule has 0 unspecified atom stereocenters. The van der Waals surface area contributed by atoms with E-state index in [2.05, 4.69) is 12.6 Å². The van der Waals surface area contributed by atoms with Crippen molar-refractivity contribution in [1.29, 1.82) is 0 Å². The van der Waals surface area contributed by atoms with Gasteiger partial charge in [0.25, 0.3) is 0 Å². The number of hydrogen-bond acceptors (Lipinski definition) is 9. The fraction of sp³-hybridized carbons (Fsp3) is 1.00. The first-order chi connectivity index (χ1) is 10.4. The SMILES string of the molecule is CC[C@H]1O[C@H](O[C@@H]2[C@H](O)[C@@H](OC)O[C@H](CO)[C@H]2O)[C@H](S)[C@H]1O. The van der Waals surface area contributed by atoms with Crippen LogP contribution in [0.15, 0.2) is 0 Å². The van der Waals surface area contributed by atoms with Gasteiger partial charge in [-0.15, -0.1) is 0 Å². The van der Waals surface area contributed by atoms with Crippen LogP contribution in [-0.2, 0) is 18.9 Å². The Morgan fingerprint density at radius 1 is 1.00 bits per heavy atom. The van der Waals surface area contributed by atoms with Gasteiger partial charge >= 0.3 is 0 Å². The van der Waals surface area contributed by atoms with E-state index in [-0.39, 0.29) is 0 Å². The van der Waals surface area contributed by atoms with Crippen LogP contribution >= 0.6 is 12.6 Å². The standard InChI is InChI=1S/C13H24O8S/c1-3-5-8(16)11(22)13(19-5)21-10-7(15)6(4-14)20-12(18-2)9(10)17/h5-17,22H,3-4H2,1-2H3/t5-,6-,7-,8+,9+,10+,11-,12+,13-/m1/s1. The first-order valence-electron chi connectivity index (χ1n) is 7.26. The van der Waals surface area contributed by atoms with Gasteiger partial charge in [-0.1, -0.05) is 6.92 Å². The van der Waals surface area contributed by atoms with Crippen LogP contribution in [0.1, 0.15) is 13.3 Å². The molecular weight excluding hydrogens is 316 g/mol. The topological polar surface area (TPSA) is 118 Å². The maximum absolute atomic E-state index is 10.2. The second-order valence-corrected chi connectivity index (χ2v) is 6.07. The summed E-state index contributed by atoms with van der Waals surface area (Å²) < 4.78 is 21.4. The van der Waals surface area contributed by atoms with Gasteiger partial charge in [0.1, 0.15) is 24.4 Å². The summed E-state index contributed by atoms with van der Waals surface area (Å²) in [5.74, 6) is 0. The summed E-state index contributed by atoms with van der Waals surface area (Å²) in [7, 11) is 1.33. The molecule has 130 valence electrons. The average Bonchev–Trinajstić information content (AvgIpc) is 2.79. The zero-order valence-electron chi connectivity index (χ0n) is 12.5. The molecule has 0 bridgehead atoms. The molecule has 2 aliphatic heterocycles. The maximum atomic E-state index is 10.2. The van der Waals surface area contributed by atoms with E-state index in [1.54, 1.807) is 0 Å².